The van der Waals surface area contributed by atoms with E-state index in [4.69, 9.17) is 4.74 Å². The van der Waals surface area contributed by atoms with Crippen molar-refractivity contribution in [2.24, 2.45) is 34.5 Å². The molecule has 158 valence electrons. The number of ether oxygens (including phenoxy) is 1. The van der Waals surface area contributed by atoms with Gasteiger partial charge in [0.2, 0.25) is 0 Å². The molecule has 0 unspecified atom stereocenters. The van der Waals surface area contributed by atoms with Gasteiger partial charge in [0.15, 0.2) is 0 Å². The largest absolute Gasteiger partial charge is 0.465 e. The van der Waals surface area contributed by atoms with Gasteiger partial charge in [0.1, 0.15) is 6.10 Å². The summed E-state index contributed by atoms with van der Waals surface area (Å²) in [5.41, 5.74) is 3.18. The molecule has 4 aliphatic carbocycles. The van der Waals surface area contributed by atoms with Gasteiger partial charge in [-0.2, -0.15) is 0 Å². The van der Waals surface area contributed by atoms with Crippen LogP contribution in [-0.2, 0) is 9.53 Å². The molecule has 2 nitrogen and oxygen atoms in total. The van der Waals surface area contributed by atoms with Gasteiger partial charge in [-0.15, -0.1) is 0 Å². The predicted molar refractivity (Wildman–Crippen MR) is 119 cm³/mol. The fourth-order valence-corrected chi connectivity index (χ4v) is 7.84. The molecule has 1 aromatic rings. The third-order valence-corrected chi connectivity index (χ3v) is 9.56. The lowest BCUT2D eigenvalue weighted by Crippen LogP contribution is -2.53. The Balaban J connectivity index is 1.35. The number of allylic oxidation sites excluding steroid dienone is 2. The third-order valence-electron chi connectivity index (χ3n) is 9.56. The lowest BCUT2D eigenvalue weighted by atomic mass is 9.44. The molecule has 4 aliphatic rings. The second-order valence-electron chi connectivity index (χ2n) is 10.7. The van der Waals surface area contributed by atoms with Crippen LogP contribution >= 0.6 is 0 Å². The monoisotopic (exact) mass is 402 g/mol. The van der Waals surface area contributed by atoms with Crippen molar-refractivity contribution in [1.29, 1.82) is 0 Å². The maximum absolute atomic E-state index is 10.8. The predicted octanol–water partition coefficient (Wildman–Crippen LogP) is 6.16. The smallest absolute Gasteiger partial charge is 0.293 e. The van der Waals surface area contributed by atoms with Gasteiger partial charge in [-0.3, -0.25) is 4.79 Å². The van der Waals surface area contributed by atoms with Crippen molar-refractivity contribution < 1.29 is 9.53 Å². The number of rotatable bonds is 2. The minimum atomic E-state index is 0.152. The molecular formula is C28H34O2. The number of hydrogen-bond acceptors (Lipinski definition) is 2. The SMILES string of the molecule is C[C@]12CC[C@@H](OC=O)C[C@@H]1CC[C@H]1[C@H]2CC[C@@]2(C)C(C#Cc3ccccc3)=CC[C@H]12. The van der Waals surface area contributed by atoms with Crippen molar-refractivity contribution in [3.8, 4) is 11.8 Å². The minimum absolute atomic E-state index is 0.152. The van der Waals surface area contributed by atoms with E-state index in [0.29, 0.717) is 17.8 Å². The number of hydrogen-bond donors (Lipinski definition) is 0. The van der Waals surface area contributed by atoms with Gasteiger partial charge in [0.25, 0.3) is 6.47 Å². The summed E-state index contributed by atoms with van der Waals surface area (Å²) in [6, 6.07) is 10.4. The first kappa shape index (κ1) is 19.9. The molecule has 0 aliphatic heterocycles. The Morgan fingerprint density at radius 2 is 1.83 bits per heavy atom. The van der Waals surface area contributed by atoms with E-state index in [2.05, 4.69) is 56.0 Å². The van der Waals surface area contributed by atoms with Gasteiger partial charge in [-0.05, 0) is 92.6 Å². The molecule has 1 aromatic carbocycles. The Morgan fingerprint density at radius 3 is 2.63 bits per heavy atom. The molecule has 3 saturated carbocycles. The van der Waals surface area contributed by atoms with Crippen LogP contribution in [0.2, 0.25) is 0 Å². The van der Waals surface area contributed by atoms with Crippen LogP contribution in [0.1, 0.15) is 70.8 Å². The Labute approximate surface area is 181 Å². The van der Waals surface area contributed by atoms with Gasteiger partial charge < -0.3 is 4.74 Å². The summed E-state index contributed by atoms with van der Waals surface area (Å²) in [7, 11) is 0. The Morgan fingerprint density at radius 1 is 1.00 bits per heavy atom. The van der Waals surface area contributed by atoms with E-state index >= 15 is 0 Å². The van der Waals surface area contributed by atoms with E-state index < -0.39 is 0 Å². The van der Waals surface area contributed by atoms with Crippen LogP contribution in [0.3, 0.4) is 0 Å². The van der Waals surface area contributed by atoms with E-state index in [9.17, 15) is 4.79 Å². The number of carbonyl (C=O) groups excluding carboxylic acids is 1. The quantitative estimate of drug-likeness (QED) is 0.437. The molecule has 0 N–H and O–H groups in total. The van der Waals surface area contributed by atoms with E-state index in [-0.39, 0.29) is 11.5 Å². The number of benzene rings is 1. The third kappa shape index (κ3) is 3.13. The summed E-state index contributed by atoms with van der Waals surface area (Å²) >= 11 is 0. The van der Waals surface area contributed by atoms with Crippen LogP contribution in [0.15, 0.2) is 42.0 Å². The molecule has 0 aromatic heterocycles. The lowest BCUT2D eigenvalue weighted by Gasteiger charge is -2.60. The number of carbonyl (C=O) groups is 1. The molecule has 2 heteroatoms. The van der Waals surface area contributed by atoms with Crippen molar-refractivity contribution in [2.45, 2.75) is 71.3 Å². The summed E-state index contributed by atoms with van der Waals surface area (Å²) in [6.45, 7) is 5.72. The van der Waals surface area contributed by atoms with Gasteiger partial charge in [0, 0.05) is 16.6 Å². The van der Waals surface area contributed by atoms with E-state index in [1.807, 2.05) is 6.07 Å². The van der Waals surface area contributed by atoms with Crippen LogP contribution in [0.5, 0.6) is 0 Å². The molecule has 5 rings (SSSR count). The van der Waals surface area contributed by atoms with Crippen LogP contribution < -0.4 is 0 Å². The van der Waals surface area contributed by atoms with Crippen molar-refractivity contribution in [3.05, 3.63) is 47.5 Å². The van der Waals surface area contributed by atoms with E-state index in [1.165, 1.54) is 44.1 Å². The van der Waals surface area contributed by atoms with Gasteiger partial charge in [0.05, 0.1) is 0 Å². The summed E-state index contributed by atoms with van der Waals surface area (Å²) < 4.78 is 5.37. The standard InChI is InChI=1S/C28H34O2/c1-27-17-15-26-24(12-10-22-18-23(30-19-29)14-16-28(22,26)2)25(27)13-11-21(27)9-8-20-6-4-3-5-7-20/h3-7,11,19,22-26H,10,12-18H2,1-2H3/t22-,23+,24+,25+,26+,27-,28-/m0/s1. The number of fused-ring (bicyclic) bond motifs is 5. The summed E-state index contributed by atoms with van der Waals surface area (Å²) in [6.07, 6.45) is 12.4. The van der Waals surface area contributed by atoms with Gasteiger partial charge in [-0.25, -0.2) is 0 Å². The maximum Gasteiger partial charge on any atom is 0.293 e. The Bertz CT molecular complexity index is 890. The highest BCUT2D eigenvalue weighted by atomic mass is 16.5. The summed E-state index contributed by atoms with van der Waals surface area (Å²) in [5, 5.41) is 0. The first-order valence-electron chi connectivity index (χ1n) is 11.9. The Kier molecular flexibility index (Phi) is 5.04. The molecule has 30 heavy (non-hydrogen) atoms. The second kappa shape index (κ2) is 7.60. The van der Waals surface area contributed by atoms with Crippen LogP contribution in [0.4, 0.5) is 0 Å². The zero-order valence-electron chi connectivity index (χ0n) is 18.4. The molecule has 3 fully saturated rings. The topological polar surface area (TPSA) is 26.3 Å². The fraction of sp³-hybridized carbons (Fsp3) is 0.607. The minimum Gasteiger partial charge on any atom is -0.465 e. The molecule has 0 bridgehead atoms. The zero-order valence-corrected chi connectivity index (χ0v) is 18.4. The molecule has 0 radical (unpaired) electrons. The molecule has 0 spiro atoms. The van der Waals surface area contributed by atoms with Crippen molar-refractivity contribution in [3.63, 3.8) is 0 Å². The molecule has 7 atom stereocenters. The lowest BCUT2D eigenvalue weighted by molar-refractivity contribution is -0.147. The molecule has 0 saturated heterocycles. The van der Waals surface area contributed by atoms with Crippen LogP contribution in [0.25, 0.3) is 0 Å². The van der Waals surface area contributed by atoms with Crippen molar-refractivity contribution >= 4 is 6.47 Å². The van der Waals surface area contributed by atoms with Crippen molar-refractivity contribution in [2.75, 3.05) is 0 Å². The Hall–Kier alpha value is -2.01. The first-order chi connectivity index (χ1) is 14.5. The normalized spacial score (nSPS) is 41.9. The zero-order chi connectivity index (χ0) is 20.8. The highest BCUT2D eigenvalue weighted by molar-refractivity contribution is 5.45. The molecule has 0 heterocycles. The molecular weight excluding hydrogens is 368 g/mol. The van der Waals surface area contributed by atoms with Gasteiger partial charge >= 0.3 is 0 Å². The first-order valence-corrected chi connectivity index (χ1v) is 11.9. The second-order valence-corrected chi connectivity index (χ2v) is 10.7. The van der Waals surface area contributed by atoms with Gasteiger partial charge in [-0.1, -0.05) is 50.0 Å². The van der Waals surface area contributed by atoms with Crippen LogP contribution in [0, 0.1) is 46.3 Å². The maximum atomic E-state index is 10.8. The average Bonchev–Trinajstić information content (AvgIpc) is 3.10. The highest BCUT2D eigenvalue weighted by Gasteiger charge is 2.58. The average molecular weight is 403 g/mol. The van der Waals surface area contributed by atoms with Crippen LogP contribution in [-0.4, -0.2) is 12.6 Å². The van der Waals surface area contributed by atoms with E-state index in [1.54, 1.807) is 0 Å². The molecule has 0 amide bonds. The van der Waals surface area contributed by atoms with E-state index in [0.717, 1.165) is 36.2 Å². The highest BCUT2D eigenvalue weighted by Crippen LogP contribution is 2.66. The fourth-order valence-electron chi connectivity index (χ4n) is 7.84. The van der Waals surface area contributed by atoms with Crippen molar-refractivity contribution in [1.82, 2.24) is 0 Å². The summed E-state index contributed by atoms with van der Waals surface area (Å²) in [4.78, 5) is 10.8. The summed E-state index contributed by atoms with van der Waals surface area (Å²) in [5.74, 6) is 10.1.